The number of nitrogens with one attached hydrogen (secondary N) is 1. The Morgan fingerprint density at radius 1 is 1.60 bits per heavy atom. The molecule has 5 heteroatoms. The van der Waals surface area contributed by atoms with Crippen molar-refractivity contribution in [3.63, 3.8) is 0 Å². The van der Waals surface area contributed by atoms with E-state index in [0.29, 0.717) is 13.1 Å². The summed E-state index contributed by atoms with van der Waals surface area (Å²) in [7, 11) is 0. The van der Waals surface area contributed by atoms with Crippen LogP contribution in [-0.2, 0) is 13.1 Å². The topological polar surface area (TPSA) is 50.1 Å². The van der Waals surface area contributed by atoms with Gasteiger partial charge in [-0.2, -0.15) is 5.10 Å². The van der Waals surface area contributed by atoms with Gasteiger partial charge in [-0.25, -0.2) is 0 Å². The monoisotopic (exact) mass is 231 g/mol. The van der Waals surface area contributed by atoms with E-state index < -0.39 is 0 Å². The summed E-state index contributed by atoms with van der Waals surface area (Å²) in [6.07, 6.45) is -0.345. The summed E-state index contributed by atoms with van der Waals surface area (Å²) >= 11 is 6.12. The molecule has 1 heterocycles. The van der Waals surface area contributed by atoms with Gasteiger partial charge in [-0.05, 0) is 20.8 Å². The lowest BCUT2D eigenvalue weighted by Gasteiger charge is -2.08. The maximum atomic E-state index is 9.11. The summed E-state index contributed by atoms with van der Waals surface area (Å²) in [5.74, 6) is 0. The average Bonchev–Trinajstić information content (AvgIpc) is 2.44. The number of hydrogen-bond acceptors (Lipinski definition) is 3. The first-order chi connectivity index (χ1) is 7.06. The molecular formula is C10H18ClN3O. The highest BCUT2D eigenvalue weighted by Gasteiger charge is 2.11. The highest BCUT2D eigenvalue weighted by atomic mass is 35.5. The van der Waals surface area contributed by atoms with Crippen molar-refractivity contribution in [2.45, 2.75) is 40.0 Å². The largest absolute Gasteiger partial charge is 0.392 e. The first-order valence-electron chi connectivity index (χ1n) is 5.16. The molecule has 0 aromatic carbocycles. The number of aliphatic hydroxyl groups is 1. The van der Waals surface area contributed by atoms with Gasteiger partial charge in [0.1, 0.15) is 0 Å². The average molecular weight is 232 g/mol. The van der Waals surface area contributed by atoms with Crippen LogP contribution in [0.2, 0.25) is 5.02 Å². The molecule has 0 aliphatic heterocycles. The molecule has 1 atom stereocenters. The minimum Gasteiger partial charge on any atom is -0.392 e. The van der Waals surface area contributed by atoms with Crippen LogP contribution in [0.25, 0.3) is 0 Å². The predicted molar refractivity (Wildman–Crippen MR) is 61.0 cm³/mol. The summed E-state index contributed by atoms with van der Waals surface area (Å²) < 4.78 is 1.88. The van der Waals surface area contributed by atoms with E-state index in [1.165, 1.54) is 0 Å². The zero-order valence-corrected chi connectivity index (χ0v) is 10.2. The molecule has 1 unspecified atom stereocenters. The first kappa shape index (κ1) is 12.5. The summed E-state index contributed by atoms with van der Waals surface area (Å²) in [5, 5.41) is 17.3. The van der Waals surface area contributed by atoms with Crippen LogP contribution in [0.3, 0.4) is 0 Å². The summed E-state index contributed by atoms with van der Waals surface area (Å²) in [6, 6.07) is 0. The van der Waals surface area contributed by atoms with Crippen LogP contribution in [0.4, 0.5) is 0 Å². The quantitative estimate of drug-likeness (QED) is 0.804. The van der Waals surface area contributed by atoms with Crippen molar-refractivity contribution in [2.75, 3.05) is 6.54 Å². The molecule has 86 valence electrons. The predicted octanol–water partition coefficient (Wildman–Crippen LogP) is 1.34. The van der Waals surface area contributed by atoms with Crippen molar-refractivity contribution >= 4 is 11.6 Å². The Balaban J connectivity index is 2.66. The molecule has 1 rings (SSSR count). The van der Waals surface area contributed by atoms with Gasteiger partial charge in [-0.3, -0.25) is 4.68 Å². The lowest BCUT2D eigenvalue weighted by Crippen LogP contribution is -2.25. The molecule has 0 aliphatic carbocycles. The number of nitrogens with zero attached hydrogens (tertiary/aromatic N) is 2. The lowest BCUT2D eigenvalue weighted by molar-refractivity contribution is 0.190. The third-order valence-electron chi connectivity index (χ3n) is 2.19. The fourth-order valence-corrected chi connectivity index (χ4v) is 1.64. The van der Waals surface area contributed by atoms with Crippen molar-refractivity contribution in [3.8, 4) is 0 Å². The smallest absolute Gasteiger partial charge is 0.0860 e. The van der Waals surface area contributed by atoms with Crippen LogP contribution in [-0.4, -0.2) is 27.5 Å². The second-order valence-electron chi connectivity index (χ2n) is 3.64. The van der Waals surface area contributed by atoms with Gasteiger partial charge in [0.05, 0.1) is 22.5 Å². The molecule has 4 nitrogen and oxygen atoms in total. The summed E-state index contributed by atoms with van der Waals surface area (Å²) in [4.78, 5) is 0. The van der Waals surface area contributed by atoms with E-state index in [4.69, 9.17) is 16.7 Å². The molecule has 0 fully saturated rings. The first-order valence-corrected chi connectivity index (χ1v) is 5.54. The molecule has 0 amide bonds. The molecule has 0 bridgehead atoms. The van der Waals surface area contributed by atoms with Crippen molar-refractivity contribution in [2.24, 2.45) is 0 Å². The van der Waals surface area contributed by atoms with Gasteiger partial charge in [0.2, 0.25) is 0 Å². The van der Waals surface area contributed by atoms with E-state index in [2.05, 4.69) is 10.4 Å². The minimum atomic E-state index is -0.345. The van der Waals surface area contributed by atoms with E-state index in [-0.39, 0.29) is 6.10 Å². The SMILES string of the molecule is CCn1nc(C)c(Cl)c1CNCC(C)O. The van der Waals surface area contributed by atoms with Gasteiger partial charge < -0.3 is 10.4 Å². The molecule has 0 saturated heterocycles. The number of rotatable bonds is 5. The van der Waals surface area contributed by atoms with Crippen LogP contribution in [0.15, 0.2) is 0 Å². The third kappa shape index (κ3) is 3.19. The van der Waals surface area contributed by atoms with Crippen molar-refractivity contribution < 1.29 is 5.11 Å². The van der Waals surface area contributed by atoms with Gasteiger partial charge in [0, 0.05) is 19.6 Å². The van der Waals surface area contributed by atoms with E-state index in [1.54, 1.807) is 6.92 Å². The minimum absolute atomic E-state index is 0.345. The molecule has 2 N–H and O–H groups in total. The standard InChI is InChI=1S/C10H18ClN3O/c1-4-14-9(6-12-5-7(2)15)10(11)8(3)13-14/h7,12,15H,4-6H2,1-3H3. The van der Waals surface area contributed by atoms with Crippen molar-refractivity contribution in [1.82, 2.24) is 15.1 Å². The molecule has 0 radical (unpaired) electrons. The maximum Gasteiger partial charge on any atom is 0.0860 e. The zero-order valence-electron chi connectivity index (χ0n) is 9.42. The molecular weight excluding hydrogens is 214 g/mol. The van der Waals surface area contributed by atoms with Crippen LogP contribution in [0.5, 0.6) is 0 Å². The van der Waals surface area contributed by atoms with Gasteiger partial charge in [-0.15, -0.1) is 0 Å². The Morgan fingerprint density at radius 2 is 2.27 bits per heavy atom. The second kappa shape index (κ2) is 5.49. The Kier molecular flexibility index (Phi) is 4.57. The van der Waals surface area contributed by atoms with Crippen LogP contribution >= 0.6 is 11.6 Å². The molecule has 0 saturated carbocycles. The zero-order chi connectivity index (χ0) is 11.4. The van der Waals surface area contributed by atoms with Crippen molar-refractivity contribution in [3.05, 3.63) is 16.4 Å². The van der Waals surface area contributed by atoms with Gasteiger partial charge in [0.25, 0.3) is 0 Å². The summed E-state index contributed by atoms with van der Waals surface area (Å²) in [5.41, 5.74) is 1.84. The highest BCUT2D eigenvalue weighted by Crippen LogP contribution is 2.19. The molecule has 0 spiro atoms. The molecule has 1 aromatic rings. The number of halogens is 1. The molecule has 15 heavy (non-hydrogen) atoms. The highest BCUT2D eigenvalue weighted by molar-refractivity contribution is 6.31. The van der Waals surface area contributed by atoms with E-state index >= 15 is 0 Å². The Hall–Kier alpha value is -0.580. The van der Waals surface area contributed by atoms with Gasteiger partial charge >= 0.3 is 0 Å². The number of aryl methyl sites for hydroxylation is 2. The maximum absolute atomic E-state index is 9.11. The lowest BCUT2D eigenvalue weighted by atomic mass is 10.3. The van der Waals surface area contributed by atoms with Gasteiger partial charge in [0.15, 0.2) is 0 Å². The number of hydrogen-bond donors (Lipinski definition) is 2. The Labute approximate surface area is 95.2 Å². The number of aliphatic hydroxyl groups excluding tert-OH is 1. The third-order valence-corrected chi connectivity index (χ3v) is 2.68. The van der Waals surface area contributed by atoms with E-state index in [9.17, 15) is 0 Å². The van der Waals surface area contributed by atoms with Gasteiger partial charge in [-0.1, -0.05) is 11.6 Å². The molecule has 1 aromatic heterocycles. The van der Waals surface area contributed by atoms with E-state index in [0.717, 1.165) is 23.0 Å². The molecule has 0 aliphatic rings. The Morgan fingerprint density at radius 3 is 2.80 bits per heavy atom. The summed E-state index contributed by atoms with van der Waals surface area (Å²) in [6.45, 7) is 7.67. The second-order valence-corrected chi connectivity index (χ2v) is 4.02. The van der Waals surface area contributed by atoms with Crippen LogP contribution in [0, 0.1) is 6.92 Å². The van der Waals surface area contributed by atoms with E-state index in [1.807, 2.05) is 18.5 Å². The number of aromatic nitrogens is 2. The fourth-order valence-electron chi connectivity index (χ4n) is 1.44. The Bertz CT molecular complexity index is 323. The van der Waals surface area contributed by atoms with Crippen LogP contribution in [0.1, 0.15) is 25.2 Å². The normalized spacial score (nSPS) is 13.1. The fraction of sp³-hybridized carbons (Fsp3) is 0.700. The van der Waals surface area contributed by atoms with Crippen molar-refractivity contribution in [1.29, 1.82) is 0 Å². The van der Waals surface area contributed by atoms with Crippen LogP contribution < -0.4 is 5.32 Å².